The summed E-state index contributed by atoms with van der Waals surface area (Å²) in [6.45, 7) is 0. The number of aliphatic hydroxyl groups is 1. The first-order valence-corrected chi connectivity index (χ1v) is 6.56. The Bertz CT molecular complexity index is 630. The van der Waals surface area contributed by atoms with Crippen LogP contribution >= 0.6 is 0 Å². The van der Waals surface area contributed by atoms with Gasteiger partial charge in [0.1, 0.15) is 0 Å². The quantitative estimate of drug-likeness (QED) is 0.379. The van der Waals surface area contributed by atoms with Gasteiger partial charge in [0.2, 0.25) is 0 Å². The van der Waals surface area contributed by atoms with Gasteiger partial charge in [-0.15, -0.1) is 5.73 Å². The lowest BCUT2D eigenvalue weighted by molar-refractivity contribution is 0.205. The van der Waals surface area contributed by atoms with Crippen molar-refractivity contribution in [1.82, 2.24) is 0 Å². The molecule has 1 atom stereocenters. The van der Waals surface area contributed by atoms with Crippen LogP contribution in [-0.2, 0) is 0 Å². The summed E-state index contributed by atoms with van der Waals surface area (Å²) in [5.74, 6) is -0.195. The van der Waals surface area contributed by atoms with Crippen molar-refractivity contribution in [2.24, 2.45) is 5.11 Å². The Hall–Kier alpha value is -2.77. The zero-order valence-corrected chi connectivity index (χ0v) is 11.4. The standard InChI is InChI=1S/C17H15N3O/c18-20-19-13-7-12-16(21)17(14-8-3-1-4-9-14)15-10-5-2-6-11-15/h1-6,8-13,16-17,21H. The maximum atomic E-state index is 10.4. The molecule has 0 heterocycles. The van der Waals surface area contributed by atoms with Crippen LogP contribution in [0.5, 0.6) is 0 Å². The Morgan fingerprint density at radius 3 is 2.00 bits per heavy atom. The molecule has 0 fully saturated rings. The number of aliphatic hydroxyl groups excluding tert-OH is 1. The number of hydrogen-bond acceptors (Lipinski definition) is 2. The second-order valence-corrected chi connectivity index (χ2v) is 4.46. The second kappa shape index (κ2) is 7.73. The van der Waals surface area contributed by atoms with Gasteiger partial charge in [0.05, 0.1) is 6.10 Å². The smallest absolute Gasteiger partial charge is 0.0903 e. The molecular formula is C17H15N3O. The van der Waals surface area contributed by atoms with Gasteiger partial charge in [-0.1, -0.05) is 65.8 Å². The van der Waals surface area contributed by atoms with Crippen molar-refractivity contribution in [3.8, 4) is 0 Å². The molecule has 2 aromatic carbocycles. The predicted molar refractivity (Wildman–Crippen MR) is 82.5 cm³/mol. The number of benzene rings is 2. The summed E-state index contributed by atoms with van der Waals surface area (Å²) in [6.07, 6.45) is 1.93. The Morgan fingerprint density at radius 1 is 1.00 bits per heavy atom. The third-order valence-electron chi connectivity index (χ3n) is 3.11. The highest BCUT2D eigenvalue weighted by atomic mass is 16.3. The van der Waals surface area contributed by atoms with Crippen molar-refractivity contribution in [1.29, 1.82) is 0 Å². The average Bonchev–Trinajstić information content (AvgIpc) is 2.54. The minimum atomic E-state index is -0.764. The lowest BCUT2D eigenvalue weighted by Crippen LogP contribution is -2.17. The minimum absolute atomic E-state index is 0.195. The molecule has 0 saturated heterocycles. The zero-order chi connectivity index (χ0) is 14.9. The van der Waals surface area contributed by atoms with E-state index in [9.17, 15) is 5.11 Å². The van der Waals surface area contributed by atoms with Gasteiger partial charge in [0.15, 0.2) is 0 Å². The molecule has 1 N–H and O–H groups in total. The van der Waals surface area contributed by atoms with Crippen LogP contribution in [0.2, 0.25) is 0 Å². The van der Waals surface area contributed by atoms with Crippen molar-refractivity contribution < 1.29 is 5.11 Å². The van der Waals surface area contributed by atoms with E-state index in [2.05, 4.69) is 15.8 Å². The molecule has 0 aromatic heterocycles. The number of hydrogen-bond donors (Lipinski definition) is 1. The van der Waals surface area contributed by atoms with Crippen molar-refractivity contribution in [3.63, 3.8) is 0 Å². The van der Waals surface area contributed by atoms with E-state index in [1.54, 1.807) is 0 Å². The third-order valence-corrected chi connectivity index (χ3v) is 3.11. The summed E-state index contributed by atoms with van der Waals surface area (Å²) in [7, 11) is 0. The van der Waals surface area contributed by atoms with Crippen LogP contribution in [0, 0.1) is 0 Å². The summed E-state index contributed by atoms with van der Waals surface area (Å²) in [5, 5.41) is 13.7. The molecule has 2 rings (SSSR count). The first-order chi connectivity index (χ1) is 10.3. The van der Waals surface area contributed by atoms with Crippen LogP contribution in [0.3, 0.4) is 0 Å². The van der Waals surface area contributed by atoms with Crippen LogP contribution in [0.25, 0.3) is 10.4 Å². The Kier molecular flexibility index (Phi) is 5.39. The van der Waals surface area contributed by atoms with Gasteiger partial charge in [-0.3, -0.25) is 0 Å². The van der Waals surface area contributed by atoms with E-state index in [-0.39, 0.29) is 5.92 Å². The van der Waals surface area contributed by atoms with Crippen LogP contribution < -0.4 is 0 Å². The average molecular weight is 277 g/mol. The molecule has 0 aliphatic rings. The van der Waals surface area contributed by atoms with E-state index in [1.165, 1.54) is 12.3 Å². The van der Waals surface area contributed by atoms with E-state index >= 15 is 0 Å². The van der Waals surface area contributed by atoms with E-state index in [4.69, 9.17) is 5.53 Å². The fraction of sp³-hybridized carbons (Fsp3) is 0.118. The SMILES string of the molecule is [N-]=[N+]=NC=C=CC(O)C(c1ccccc1)c1ccccc1. The normalized spacial score (nSPS) is 11.1. The summed E-state index contributed by atoms with van der Waals surface area (Å²) >= 11 is 0. The fourth-order valence-electron chi connectivity index (χ4n) is 2.20. The summed E-state index contributed by atoms with van der Waals surface area (Å²) in [5.41, 5.74) is 12.9. The molecule has 4 nitrogen and oxygen atoms in total. The Labute approximate surface area is 123 Å². The first kappa shape index (κ1) is 14.6. The molecule has 0 saturated carbocycles. The maximum Gasteiger partial charge on any atom is 0.0903 e. The minimum Gasteiger partial charge on any atom is -0.387 e. The topological polar surface area (TPSA) is 69.0 Å². The molecule has 21 heavy (non-hydrogen) atoms. The van der Waals surface area contributed by atoms with Crippen LogP contribution in [0.4, 0.5) is 0 Å². The molecule has 0 bridgehead atoms. The van der Waals surface area contributed by atoms with Gasteiger partial charge < -0.3 is 5.11 Å². The molecule has 0 aliphatic carbocycles. The van der Waals surface area contributed by atoms with Gasteiger partial charge in [-0.25, -0.2) is 0 Å². The van der Waals surface area contributed by atoms with Crippen molar-refractivity contribution >= 4 is 0 Å². The third kappa shape index (κ3) is 4.10. The maximum absolute atomic E-state index is 10.4. The Morgan fingerprint density at radius 2 is 1.52 bits per heavy atom. The number of azide groups is 1. The lowest BCUT2D eigenvalue weighted by Gasteiger charge is -2.21. The molecular weight excluding hydrogens is 262 g/mol. The highest BCUT2D eigenvalue weighted by molar-refractivity contribution is 5.35. The van der Waals surface area contributed by atoms with Gasteiger partial charge in [-0.05, 0) is 22.7 Å². The van der Waals surface area contributed by atoms with Gasteiger partial charge in [0.25, 0.3) is 0 Å². The highest BCUT2D eigenvalue weighted by Gasteiger charge is 2.20. The van der Waals surface area contributed by atoms with Gasteiger partial charge in [-0.2, -0.15) is 0 Å². The second-order valence-electron chi connectivity index (χ2n) is 4.46. The summed E-state index contributed by atoms with van der Waals surface area (Å²) in [6, 6.07) is 19.6. The Balaban J connectivity index is 2.37. The molecule has 0 amide bonds. The fourth-order valence-corrected chi connectivity index (χ4v) is 2.20. The molecule has 1 unspecified atom stereocenters. The largest absolute Gasteiger partial charge is 0.387 e. The molecule has 2 aromatic rings. The predicted octanol–water partition coefficient (Wildman–Crippen LogP) is 4.16. The summed E-state index contributed by atoms with van der Waals surface area (Å²) < 4.78 is 0. The van der Waals surface area contributed by atoms with Crippen molar-refractivity contribution in [2.75, 3.05) is 0 Å². The van der Waals surface area contributed by atoms with Gasteiger partial charge in [0, 0.05) is 17.0 Å². The number of rotatable bonds is 5. The first-order valence-electron chi connectivity index (χ1n) is 6.56. The molecule has 0 radical (unpaired) electrons. The zero-order valence-electron chi connectivity index (χ0n) is 11.4. The lowest BCUT2D eigenvalue weighted by atomic mass is 9.86. The molecule has 0 aliphatic heterocycles. The van der Waals surface area contributed by atoms with Crippen LogP contribution in [0.15, 0.2) is 83.8 Å². The molecule has 0 spiro atoms. The van der Waals surface area contributed by atoms with Gasteiger partial charge >= 0.3 is 0 Å². The van der Waals surface area contributed by atoms with E-state index < -0.39 is 6.10 Å². The van der Waals surface area contributed by atoms with E-state index in [1.807, 2.05) is 60.7 Å². The number of nitrogens with zero attached hydrogens (tertiary/aromatic N) is 3. The highest BCUT2D eigenvalue weighted by Crippen LogP contribution is 2.28. The summed E-state index contributed by atoms with van der Waals surface area (Å²) in [4.78, 5) is 2.60. The van der Waals surface area contributed by atoms with Crippen molar-refractivity contribution in [3.05, 3.63) is 100 Å². The molecule has 4 heteroatoms. The van der Waals surface area contributed by atoms with Crippen LogP contribution in [-0.4, -0.2) is 11.2 Å². The van der Waals surface area contributed by atoms with Crippen LogP contribution in [0.1, 0.15) is 17.0 Å². The van der Waals surface area contributed by atoms with Crippen molar-refractivity contribution in [2.45, 2.75) is 12.0 Å². The van der Waals surface area contributed by atoms with E-state index in [0.29, 0.717) is 0 Å². The van der Waals surface area contributed by atoms with E-state index in [0.717, 1.165) is 11.1 Å². The molecule has 104 valence electrons. The monoisotopic (exact) mass is 277 g/mol.